The number of imidazole rings is 1. The van der Waals surface area contributed by atoms with E-state index >= 15 is 0 Å². The van der Waals surface area contributed by atoms with Gasteiger partial charge in [0.25, 0.3) is 0 Å². The molecule has 1 aliphatic heterocycles. The van der Waals surface area contributed by atoms with E-state index in [2.05, 4.69) is 6.92 Å². The monoisotopic (exact) mass is 329 g/mol. The number of hydrogen-bond donors (Lipinski definition) is 1. The number of carbonyl (C=O) groups is 1. The first-order valence-electron chi connectivity index (χ1n) is 8.45. The van der Waals surface area contributed by atoms with Gasteiger partial charge in [0.2, 0.25) is 11.8 Å². The molecule has 6 heteroatoms. The second-order valence-electron chi connectivity index (χ2n) is 7.64. The zero-order valence-corrected chi connectivity index (χ0v) is 14.3. The lowest BCUT2D eigenvalue weighted by Crippen LogP contribution is -2.28. The maximum absolute atomic E-state index is 11.5. The number of amides is 1. The molecule has 0 radical (unpaired) electrons. The van der Waals surface area contributed by atoms with Crippen LogP contribution in [0.1, 0.15) is 56.1 Å². The Labute approximate surface area is 141 Å². The predicted octanol–water partition coefficient (Wildman–Crippen LogP) is 2.43. The van der Waals surface area contributed by atoms with Crippen molar-refractivity contribution >= 4 is 11.6 Å². The minimum absolute atomic E-state index is 0.00684. The van der Waals surface area contributed by atoms with Gasteiger partial charge in [-0.1, -0.05) is 0 Å². The van der Waals surface area contributed by atoms with Gasteiger partial charge in [0, 0.05) is 11.6 Å². The zero-order chi connectivity index (χ0) is 17.1. The lowest BCUT2D eigenvalue weighted by Gasteiger charge is -2.26. The van der Waals surface area contributed by atoms with Gasteiger partial charge in [0.1, 0.15) is 11.3 Å². The summed E-state index contributed by atoms with van der Waals surface area (Å²) < 4.78 is 14.0. The molecule has 4 rings (SSSR count). The van der Waals surface area contributed by atoms with Crippen LogP contribution < -0.4 is 10.5 Å². The fraction of sp³-hybridized carbons (Fsp3) is 0.556. The molecule has 2 aliphatic rings. The average molecular weight is 329 g/mol. The third-order valence-electron chi connectivity index (χ3n) is 5.25. The van der Waals surface area contributed by atoms with Crippen LogP contribution in [-0.4, -0.2) is 33.6 Å². The average Bonchev–Trinajstić information content (AvgIpc) is 3.16. The van der Waals surface area contributed by atoms with E-state index in [9.17, 15) is 4.79 Å². The number of fused-ring (bicyclic) bond motifs is 3. The summed E-state index contributed by atoms with van der Waals surface area (Å²) in [6.07, 6.45) is 4.76. The highest BCUT2D eigenvalue weighted by atomic mass is 16.5. The van der Waals surface area contributed by atoms with Gasteiger partial charge in [-0.25, -0.2) is 4.98 Å². The molecule has 3 heterocycles. The van der Waals surface area contributed by atoms with Gasteiger partial charge in [-0.2, -0.15) is 0 Å². The van der Waals surface area contributed by atoms with Crippen molar-refractivity contribution in [3.05, 3.63) is 29.6 Å². The summed E-state index contributed by atoms with van der Waals surface area (Å²) in [4.78, 5) is 16.4. The van der Waals surface area contributed by atoms with Crippen molar-refractivity contribution in [1.29, 1.82) is 0 Å². The van der Waals surface area contributed by atoms with Gasteiger partial charge in [0.15, 0.2) is 0 Å². The van der Waals surface area contributed by atoms with Crippen molar-refractivity contribution in [2.75, 3.05) is 6.61 Å². The summed E-state index contributed by atoms with van der Waals surface area (Å²) >= 11 is 0. The molecule has 1 aliphatic carbocycles. The molecule has 2 fully saturated rings. The number of nitrogens with two attached hydrogens (primary N) is 1. The number of carbonyl (C=O) groups excluding carboxylic acids is 1. The van der Waals surface area contributed by atoms with Crippen LogP contribution in [0.15, 0.2) is 18.3 Å². The second-order valence-corrected chi connectivity index (χ2v) is 7.64. The molecule has 0 unspecified atom stereocenters. The Balaban J connectivity index is 1.90. The maximum Gasteiger partial charge on any atom is 0.250 e. The van der Waals surface area contributed by atoms with Crippen molar-refractivity contribution in [2.24, 2.45) is 5.73 Å². The van der Waals surface area contributed by atoms with Crippen LogP contribution in [0.2, 0.25) is 0 Å². The lowest BCUT2D eigenvalue weighted by atomic mass is 9.84. The first kappa shape index (κ1) is 15.4. The summed E-state index contributed by atoms with van der Waals surface area (Å²) in [6, 6.07) is 3.52. The Bertz CT molecular complexity index is 816. The minimum Gasteiger partial charge on any atom is -0.475 e. The second kappa shape index (κ2) is 4.96. The largest absolute Gasteiger partial charge is 0.475 e. The Hall–Kier alpha value is -2.08. The van der Waals surface area contributed by atoms with Gasteiger partial charge < -0.3 is 15.2 Å². The summed E-state index contributed by atoms with van der Waals surface area (Å²) in [5.41, 5.74) is 7.43. The quantitative estimate of drug-likeness (QED) is 0.934. The maximum atomic E-state index is 11.5. The van der Waals surface area contributed by atoms with E-state index in [0.29, 0.717) is 18.1 Å². The van der Waals surface area contributed by atoms with E-state index < -0.39 is 5.91 Å². The Morgan fingerprint density at radius 3 is 2.75 bits per heavy atom. The minimum atomic E-state index is -0.460. The normalized spacial score (nSPS) is 28.8. The molecule has 1 saturated carbocycles. The Kier molecular flexibility index (Phi) is 3.19. The number of aromatic nitrogens is 2. The fourth-order valence-corrected chi connectivity index (χ4v) is 4.08. The molecule has 0 aromatic carbocycles. The molecule has 2 bridgehead atoms. The highest BCUT2D eigenvalue weighted by Crippen LogP contribution is 2.55. The van der Waals surface area contributed by atoms with E-state index in [1.54, 1.807) is 12.3 Å². The van der Waals surface area contributed by atoms with Gasteiger partial charge in [0.05, 0.1) is 23.9 Å². The zero-order valence-electron chi connectivity index (χ0n) is 14.3. The first-order valence-corrected chi connectivity index (χ1v) is 8.45. The van der Waals surface area contributed by atoms with Crippen molar-refractivity contribution in [1.82, 2.24) is 9.38 Å². The highest BCUT2D eigenvalue weighted by molar-refractivity contribution is 5.92. The third kappa shape index (κ3) is 2.20. The molecule has 2 atom stereocenters. The lowest BCUT2D eigenvalue weighted by molar-refractivity contribution is -0.00659. The number of primary amides is 1. The van der Waals surface area contributed by atoms with Gasteiger partial charge >= 0.3 is 0 Å². The summed E-state index contributed by atoms with van der Waals surface area (Å²) in [5, 5.41) is 0. The molecule has 2 aromatic rings. The van der Waals surface area contributed by atoms with E-state index in [-0.39, 0.29) is 17.1 Å². The number of pyridine rings is 1. The third-order valence-corrected chi connectivity index (χ3v) is 5.25. The molecule has 1 amide bonds. The SMILES string of the molecule is CC(C)Oc1c([C@@]23CC[C@@](C)(C2)OC3)nc2ccc(C(N)=O)cn12. The number of rotatable bonds is 4. The van der Waals surface area contributed by atoms with Gasteiger partial charge in [-0.3, -0.25) is 9.20 Å². The van der Waals surface area contributed by atoms with Crippen LogP contribution >= 0.6 is 0 Å². The molecule has 6 nitrogen and oxygen atoms in total. The molecule has 24 heavy (non-hydrogen) atoms. The van der Waals surface area contributed by atoms with Gasteiger partial charge in [-0.15, -0.1) is 0 Å². The van der Waals surface area contributed by atoms with Crippen LogP contribution in [0, 0.1) is 0 Å². The van der Waals surface area contributed by atoms with Crippen LogP contribution in [0.3, 0.4) is 0 Å². The van der Waals surface area contributed by atoms with Crippen LogP contribution in [0.5, 0.6) is 5.88 Å². The predicted molar refractivity (Wildman–Crippen MR) is 89.4 cm³/mol. The van der Waals surface area contributed by atoms with Crippen molar-refractivity contribution < 1.29 is 14.3 Å². The Morgan fingerprint density at radius 2 is 2.21 bits per heavy atom. The van der Waals surface area contributed by atoms with E-state index in [1.807, 2.05) is 24.3 Å². The van der Waals surface area contributed by atoms with Crippen molar-refractivity contribution in [3.8, 4) is 5.88 Å². The Morgan fingerprint density at radius 1 is 1.42 bits per heavy atom. The number of ether oxygens (including phenoxy) is 2. The fourth-order valence-electron chi connectivity index (χ4n) is 4.08. The van der Waals surface area contributed by atoms with Crippen molar-refractivity contribution in [3.63, 3.8) is 0 Å². The smallest absolute Gasteiger partial charge is 0.250 e. The molecule has 128 valence electrons. The summed E-state index contributed by atoms with van der Waals surface area (Å²) in [7, 11) is 0. The first-order chi connectivity index (χ1) is 11.3. The molecule has 2 N–H and O–H groups in total. The molecular formula is C18H23N3O3. The standard InChI is InChI=1S/C18H23N3O3/c1-11(2)24-16-14(18-7-6-17(3,9-18)23-10-18)20-13-5-4-12(15(19)22)8-21(13)16/h4-5,8,11H,6-7,9-10H2,1-3H3,(H2,19,22)/t17-,18-/m0/s1. The topological polar surface area (TPSA) is 78.8 Å². The highest BCUT2D eigenvalue weighted by Gasteiger charge is 2.56. The molecule has 2 aromatic heterocycles. The van der Waals surface area contributed by atoms with Crippen molar-refractivity contribution in [2.45, 2.75) is 57.2 Å². The van der Waals surface area contributed by atoms with Gasteiger partial charge in [-0.05, 0) is 52.2 Å². The molecule has 1 saturated heterocycles. The van der Waals surface area contributed by atoms with E-state index in [1.165, 1.54) is 0 Å². The number of hydrogen-bond acceptors (Lipinski definition) is 4. The summed E-state index contributed by atoms with van der Waals surface area (Å²) in [6.45, 7) is 6.82. The molecular weight excluding hydrogens is 306 g/mol. The van der Waals surface area contributed by atoms with E-state index in [4.69, 9.17) is 20.2 Å². The van der Waals surface area contributed by atoms with Crippen LogP contribution in [0.25, 0.3) is 5.65 Å². The van der Waals surface area contributed by atoms with Crippen LogP contribution in [-0.2, 0) is 10.2 Å². The summed E-state index contributed by atoms with van der Waals surface area (Å²) in [5.74, 6) is 0.247. The number of nitrogens with zero attached hydrogens (tertiary/aromatic N) is 2. The molecule has 0 spiro atoms. The van der Waals surface area contributed by atoms with E-state index in [0.717, 1.165) is 30.6 Å². The van der Waals surface area contributed by atoms with Crippen LogP contribution in [0.4, 0.5) is 0 Å².